The van der Waals surface area contributed by atoms with Gasteiger partial charge in [0.2, 0.25) is 0 Å². The number of hydrogen-bond acceptors (Lipinski definition) is 5. The lowest BCUT2D eigenvalue weighted by Crippen LogP contribution is -2.66. The number of rotatable bonds is 1. The van der Waals surface area contributed by atoms with Crippen LogP contribution in [-0.4, -0.2) is 47.1 Å². The Morgan fingerprint density at radius 2 is 1.39 bits per heavy atom. The maximum atomic E-state index is 14.4. The number of likely N-dealkylation sites (N-methyl/N-ethyl adjacent to an activating group) is 1. The fraction of sp³-hybridized carbons (Fsp3) is 0.222. The molecule has 0 N–H and O–H groups in total. The number of carbonyl (C=O) groups is 3. The van der Waals surface area contributed by atoms with Gasteiger partial charge in [-0.05, 0) is 30.8 Å². The fourth-order valence-corrected chi connectivity index (χ4v) is 7.59. The lowest BCUT2D eigenvalue weighted by molar-refractivity contribution is 0.0361. The minimum Gasteiger partial charge on any atom is -0.293 e. The second-order valence-electron chi connectivity index (χ2n) is 8.98. The van der Waals surface area contributed by atoms with Gasteiger partial charge >= 0.3 is 0 Å². The van der Waals surface area contributed by atoms with Crippen molar-refractivity contribution in [1.82, 2.24) is 4.90 Å². The van der Waals surface area contributed by atoms with Crippen LogP contribution in [0.3, 0.4) is 0 Å². The van der Waals surface area contributed by atoms with Gasteiger partial charge in [0.25, 0.3) is 0 Å². The molecule has 2 atom stereocenters. The Hall–Kier alpha value is -3.09. The molecule has 1 aliphatic carbocycles. The standard InChI is InChI=1S/C27H20FNO3S/c1-29-14-21(16-10-12-17(28)13-11-16)26(15-33-22-9-5-4-8-20(22)23(26)30)27(29)24(31)18-6-2-3-7-19(18)25(27)32/h2-13,21H,14-15H2,1H3/t21-,26+/m0/s1. The molecule has 2 aliphatic heterocycles. The van der Waals surface area contributed by atoms with Gasteiger partial charge in [-0.2, -0.15) is 0 Å². The number of carbonyl (C=O) groups excluding carboxylic acids is 3. The summed E-state index contributed by atoms with van der Waals surface area (Å²) >= 11 is 1.51. The zero-order valence-corrected chi connectivity index (χ0v) is 18.7. The molecule has 3 aliphatic rings. The zero-order valence-electron chi connectivity index (χ0n) is 17.9. The normalized spacial score (nSPS) is 25.6. The molecule has 0 bridgehead atoms. The molecule has 0 saturated carbocycles. The van der Waals surface area contributed by atoms with Crippen LogP contribution >= 0.6 is 11.8 Å². The summed E-state index contributed by atoms with van der Waals surface area (Å²) in [6.45, 7) is 0.339. The van der Waals surface area contributed by atoms with Gasteiger partial charge < -0.3 is 0 Å². The molecule has 33 heavy (non-hydrogen) atoms. The Bertz CT molecular complexity index is 1320. The summed E-state index contributed by atoms with van der Waals surface area (Å²) in [5, 5.41) is 0. The van der Waals surface area contributed by atoms with E-state index in [1.54, 1.807) is 54.4 Å². The predicted octanol–water partition coefficient (Wildman–Crippen LogP) is 4.65. The van der Waals surface area contributed by atoms with Crippen LogP contribution in [-0.2, 0) is 0 Å². The molecule has 3 aromatic carbocycles. The zero-order chi connectivity index (χ0) is 23.0. The van der Waals surface area contributed by atoms with Crippen LogP contribution < -0.4 is 0 Å². The van der Waals surface area contributed by atoms with Crippen molar-refractivity contribution < 1.29 is 18.8 Å². The van der Waals surface area contributed by atoms with Crippen LogP contribution in [0.4, 0.5) is 4.39 Å². The summed E-state index contributed by atoms with van der Waals surface area (Å²) < 4.78 is 13.8. The van der Waals surface area contributed by atoms with Crippen LogP contribution in [0.25, 0.3) is 0 Å². The Labute approximate surface area is 194 Å². The van der Waals surface area contributed by atoms with E-state index in [0.29, 0.717) is 29.0 Å². The molecular formula is C27H20FNO3S. The highest BCUT2D eigenvalue weighted by Crippen LogP contribution is 2.62. The Morgan fingerprint density at radius 3 is 2.03 bits per heavy atom. The third-order valence-corrected chi connectivity index (χ3v) is 8.87. The number of thioether (sulfide) groups is 1. The van der Waals surface area contributed by atoms with Gasteiger partial charge in [0.15, 0.2) is 22.9 Å². The van der Waals surface area contributed by atoms with Crippen LogP contribution in [0.15, 0.2) is 77.7 Å². The van der Waals surface area contributed by atoms with Crippen molar-refractivity contribution >= 4 is 29.1 Å². The number of nitrogens with zero attached hydrogens (tertiary/aromatic N) is 1. The Kier molecular flexibility index (Phi) is 4.32. The van der Waals surface area contributed by atoms with Gasteiger partial charge in [-0.25, -0.2) is 4.39 Å². The number of Topliss-reactive ketones (excluding diaryl/α,β-unsaturated/α-hetero) is 3. The quantitative estimate of drug-likeness (QED) is 0.498. The first-order chi connectivity index (χ1) is 15.9. The molecule has 4 nitrogen and oxygen atoms in total. The number of hydrogen-bond donors (Lipinski definition) is 0. The minimum atomic E-state index is -1.63. The van der Waals surface area contributed by atoms with Crippen molar-refractivity contribution in [2.45, 2.75) is 16.4 Å². The first kappa shape index (κ1) is 20.5. The molecule has 0 radical (unpaired) electrons. The summed E-state index contributed by atoms with van der Waals surface area (Å²) in [4.78, 5) is 45.3. The molecule has 2 heterocycles. The molecule has 1 fully saturated rings. The number of fused-ring (bicyclic) bond motifs is 3. The molecule has 6 heteroatoms. The molecule has 164 valence electrons. The highest BCUT2D eigenvalue weighted by atomic mass is 32.2. The first-order valence-electron chi connectivity index (χ1n) is 10.8. The molecule has 2 spiro atoms. The van der Waals surface area contributed by atoms with E-state index in [4.69, 9.17) is 0 Å². The maximum Gasteiger partial charge on any atom is 0.192 e. The fourth-order valence-electron chi connectivity index (χ4n) is 6.17. The monoisotopic (exact) mass is 457 g/mol. The summed E-state index contributed by atoms with van der Waals surface area (Å²) in [6.07, 6.45) is 0. The van der Waals surface area contributed by atoms with Crippen molar-refractivity contribution in [3.05, 3.63) is 101 Å². The van der Waals surface area contributed by atoms with Crippen LogP contribution in [0, 0.1) is 11.2 Å². The number of likely N-dealkylation sites (tertiary alicyclic amines) is 1. The van der Waals surface area contributed by atoms with E-state index >= 15 is 0 Å². The van der Waals surface area contributed by atoms with E-state index in [2.05, 4.69) is 0 Å². The SMILES string of the molecule is CN1C[C@@H](c2ccc(F)cc2)[C@@]2(CSc3ccccc3C2=O)C12C(=O)c1ccccc1C2=O. The molecular weight excluding hydrogens is 437 g/mol. The average molecular weight is 458 g/mol. The van der Waals surface area contributed by atoms with Gasteiger partial charge in [-0.1, -0.05) is 54.6 Å². The third kappa shape index (κ3) is 2.37. The van der Waals surface area contributed by atoms with E-state index in [1.165, 1.54) is 23.9 Å². The number of benzene rings is 3. The highest BCUT2D eigenvalue weighted by molar-refractivity contribution is 7.99. The van der Waals surface area contributed by atoms with Crippen molar-refractivity contribution in [2.24, 2.45) is 5.41 Å². The topological polar surface area (TPSA) is 54.5 Å². The van der Waals surface area contributed by atoms with Crippen LogP contribution in [0.1, 0.15) is 42.6 Å². The predicted molar refractivity (Wildman–Crippen MR) is 124 cm³/mol. The summed E-state index contributed by atoms with van der Waals surface area (Å²) in [6, 6.07) is 20.3. The molecule has 6 rings (SSSR count). The van der Waals surface area contributed by atoms with Gasteiger partial charge in [-0.15, -0.1) is 11.8 Å². The highest BCUT2D eigenvalue weighted by Gasteiger charge is 2.76. The smallest absolute Gasteiger partial charge is 0.192 e. The minimum absolute atomic E-state index is 0.190. The van der Waals surface area contributed by atoms with E-state index < -0.39 is 16.9 Å². The van der Waals surface area contributed by atoms with Crippen molar-refractivity contribution in [1.29, 1.82) is 0 Å². The second-order valence-corrected chi connectivity index (χ2v) is 10.0. The summed E-state index contributed by atoms with van der Waals surface area (Å²) in [7, 11) is 1.76. The third-order valence-electron chi connectivity index (χ3n) is 7.61. The second kappa shape index (κ2) is 6.95. The van der Waals surface area contributed by atoms with Crippen molar-refractivity contribution in [2.75, 3.05) is 19.3 Å². The van der Waals surface area contributed by atoms with Gasteiger partial charge in [0, 0.05) is 39.8 Å². The first-order valence-corrected chi connectivity index (χ1v) is 11.8. The van der Waals surface area contributed by atoms with Crippen LogP contribution in [0.2, 0.25) is 0 Å². The molecule has 1 saturated heterocycles. The van der Waals surface area contributed by atoms with Gasteiger partial charge in [0.05, 0.1) is 5.41 Å². The van der Waals surface area contributed by atoms with E-state index in [1.807, 2.05) is 18.2 Å². The van der Waals surface area contributed by atoms with Crippen LogP contribution in [0.5, 0.6) is 0 Å². The largest absolute Gasteiger partial charge is 0.293 e. The maximum absolute atomic E-state index is 14.4. The van der Waals surface area contributed by atoms with E-state index in [-0.39, 0.29) is 23.2 Å². The average Bonchev–Trinajstić information content (AvgIpc) is 3.23. The Balaban J connectivity index is 1.65. The molecule has 0 aromatic heterocycles. The van der Waals surface area contributed by atoms with E-state index in [0.717, 1.165) is 10.5 Å². The van der Waals surface area contributed by atoms with E-state index in [9.17, 15) is 18.8 Å². The van der Waals surface area contributed by atoms with Crippen molar-refractivity contribution in [3.63, 3.8) is 0 Å². The number of ketones is 3. The number of halogens is 1. The van der Waals surface area contributed by atoms with Crippen molar-refractivity contribution in [3.8, 4) is 0 Å². The lowest BCUT2D eigenvalue weighted by atomic mass is 9.58. The molecule has 0 amide bonds. The Morgan fingerprint density at radius 1 is 0.818 bits per heavy atom. The molecule has 3 aromatic rings. The summed E-state index contributed by atoms with van der Waals surface area (Å²) in [5.41, 5.74) is -0.925. The van der Waals surface area contributed by atoms with Gasteiger partial charge in [-0.3, -0.25) is 19.3 Å². The van der Waals surface area contributed by atoms with Gasteiger partial charge in [0.1, 0.15) is 5.82 Å². The summed E-state index contributed by atoms with van der Waals surface area (Å²) in [5.74, 6) is -1.35. The molecule has 0 unspecified atom stereocenters. The lowest BCUT2D eigenvalue weighted by Gasteiger charge is -2.46.